The van der Waals surface area contributed by atoms with Crippen LogP contribution in [0.3, 0.4) is 0 Å². The molecule has 0 bridgehead atoms. The van der Waals surface area contributed by atoms with Crippen LogP contribution < -0.4 is 14.6 Å². The molecule has 1 fully saturated rings. The number of ether oxygens (including phenoxy) is 2. The highest BCUT2D eigenvalue weighted by Gasteiger charge is 2.38. The molecule has 17 heavy (non-hydrogen) atoms. The fraction of sp³-hybridized carbons (Fsp3) is 0.462. The van der Waals surface area contributed by atoms with Crippen molar-refractivity contribution in [2.45, 2.75) is 18.8 Å². The van der Waals surface area contributed by atoms with Gasteiger partial charge >= 0.3 is 0 Å². The molecule has 1 aromatic carbocycles. The number of methoxy groups -OCH3 is 2. The minimum absolute atomic E-state index is 0.138. The van der Waals surface area contributed by atoms with E-state index in [2.05, 4.69) is 0 Å². The molecule has 0 amide bonds. The van der Waals surface area contributed by atoms with E-state index in [4.69, 9.17) is 9.47 Å². The van der Waals surface area contributed by atoms with Crippen LogP contribution in [0, 0.1) is 5.92 Å². The Morgan fingerprint density at radius 1 is 1.35 bits per heavy atom. The Hall–Kier alpha value is -1.71. The first kappa shape index (κ1) is 11.8. The maximum atomic E-state index is 10.5. The van der Waals surface area contributed by atoms with Gasteiger partial charge in [-0.05, 0) is 42.4 Å². The van der Waals surface area contributed by atoms with E-state index in [0.717, 1.165) is 12.0 Å². The van der Waals surface area contributed by atoms with Crippen molar-refractivity contribution >= 4 is 5.97 Å². The zero-order valence-electron chi connectivity index (χ0n) is 9.93. The lowest BCUT2D eigenvalue weighted by molar-refractivity contribution is -0.306. The molecule has 1 aliphatic carbocycles. The van der Waals surface area contributed by atoms with Crippen LogP contribution in [0.2, 0.25) is 0 Å². The summed E-state index contributed by atoms with van der Waals surface area (Å²) in [5.74, 6) is 0.918. The van der Waals surface area contributed by atoms with Crippen LogP contribution in [0.25, 0.3) is 0 Å². The average Bonchev–Trinajstić information content (AvgIpc) is 3.06. The summed E-state index contributed by atoms with van der Waals surface area (Å²) in [5.41, 5.74) is 1.11. The van der Waals surface area contributed by atoms with Crippen LogP contribution in [0.5, 0.6) is 11.5 Å². The van der Waals surface area contributed by atoms with Crippen LogP contribution in [0.1, 0.15) is 24.3 Å². The highest BCUT2D eigenvalue weighted by Crippen LogP contribution is 2.50. The van der Waals surface area contributed by atoms with E-state index in [1.54, 1.807) is 14.2 Å². The van der Waals surface area contributed by atoms with Crippen LogP contribution in [0.15, 0.2) is 18.2 Å². The normalized spacial score (nSPS) is 22.0. The summed E-state index contributed by atoms with van der Waals surface area (Å²) in [6, 6.07) is 5.72. The molecule has 0 N–H and O–H groups in total. The topological polar surface area (TPSA) is 58.6 Å². The molecule has 2 rings (SSSR count). The number of benzene rings is 1. The molecule has 92 valence electrons. The van der Waals surface area contributed by atoms with Gasteiger partial charge in [-0.2, -0.15) is 0 Å². The third kappa shape index (κ3) is 2.52. The Labute approximate surface area is 100 Å². The Balaban J connectivity index is 2.11. The monoisotopic (exact) mass is 235 g/mol. The third-order valence-electron chi connectivity index (χ3n) is 3.19. The van der Waals surface area contributed by atoms with Gasteiger partial charge in [0, 0.05) is 5.97 Å². The molecule has 0 aliphatic heterocycles. The maximum absolute atomic E-state index is 10.5. The summed E-state index contributed by atoms with van der Waals surface area (Å²) in [4.78, 5) is 10.5. The van der Waals surface area contributed by atoms with E-state index >= 15 is 0 Å². The van der Waals surface area contributed by atoms with E-state index in [9.17, 15) is 9.90 Å². The number of carboxylic acid groups (broad SMARTS) is 1. The first-order valence-electron chi connectivity index (χ1n) is 5.57. The number of aliphatic carboxylic acids is 1. The van der Waals surface area contributed by atoms with Crippen molar-refractivity contribution in [1.29, 1.82) is 0 Å². The fourth-order valence-corrected chi connectivity index (χ4v) is 2.18. The van der Waals surface area contributed by atoms with Crippen molar-refractivity contribution in [3.8, 4) is 11.5 Å². The quantitative estimate of drug-likeness (QED) is 0.762. The van der Waals surface area contributed by atoms with Crippen molar-refractivity contribution in [2.24, 2.45) is 5.92 Å². The summed E-state index contributed by atoms with van der Waals surface area (Å²) >= 11 is 0. The fourth-order valence-electron chi connectivity index (χ4n) is 2.18. The number of carbonyl (C=O) groups excluding carboxylic acids is 1. The first-order chi connectivity index (χ1) is 8.15. The zero-order valence-corrected chi connectivity index (χ0v) is 9.93. The predicted molar refractivity (Wildman–Crippen MR) is 60.0 cm³/mol. The van der Waals surface area contributed by atoms with Gasteiger partial charge in [0.2, 0.25) is 0 Å². The molecule has 2 atom stereocenters. The summed E-state index contributed by atoms with van der Waals surface area (Å²) in [7, 11) is 3.18. The van der Waals surface area contributed by atoms with Gasteiger partial charge in [0.25, 0.3) is 0 Å². The molecule has 4 heteroatoms. The molecule has 0 radical (unpaired) electrons. The summed E-state index contributed by atoms with van der Waals surface area (Å²) < 4.78 is 10.4. The second kappa shape index (κ2) is 4.65. The van der Waals surface area contributed by atoms with E-state index in [1.165, 1.54) is 0 Å². The molecule has 1 saturated carbocycles. The largest absolute Gasteiger partial charge is 0.550 e. The summed E-state index contributed by atoms with van der Waals surface area (Å²) in [6.45, 7) is 0. The lowest BCUT2D eigenvalue weighted by Crippen LogP contribution is -2.22. The average molecular weight is 235 g/mol. The van der Waals surface area contributed by atoms with Crippen LogP contribution in [-0.2, 0) is 4.79 Å². The van der Waals surface area contributed by atoms with Crippen molar-refractivity contribution < 1.29 is 19.4 Å². The highest BCUT2D eigenvalue weighted by molar-refractivity contribution is 5.65. The van der Waals surface area contributed by atoms with Crippen molar-refractivity contribution in [1.82, 2.24) is 0 Å². The molecule has 0 spiro atoms. The van der Waals surface area contributed by atoms with E-state index in [1.807, 2.05) is 18.2 Å². The molecule has 4 nitrogen and oxygen atoms in total. The van der Waals surface area contributed by atoms with Crippen LogP contribution in [0.4, 0.5) is 0 Å². The minimum Gasteiger partial charge on any atom is -0.550 e. The Bertz CT molecular complexity index is 427. The van der Waals surface area contributed by atoms with Gasteiger partial charge in [0.15, 0.2) is 11.5 Å². The van der Waals surface area contributed by atoms with Gasteiger partial charge < -0.3 is 19.4 Å². The van der Waals surface area contributed by atoms with Crippen LogP contribution in [-0.4, -0.2) is 20.2 Å². The summed E-state index contributed by atoms with van der Waals surface area (Å²) in [6.07, 6.45) is 1.04. The number of carbonyl (C=O) groups is 1. The second-order valence-corrected chi connectivity index (χ2v) is 4.29. The third-order valence-corrected chi connectivity index (χ3v) is 3.19. The maximum Gasteiger partial charge on any atom is 0.160 e. The minimum atomic E-state index is -0.974. The first-order valence-corrected chi connectivity index (χ1v) is 5.57. The van der Waals surface area contributed by atoms with Gasteiger partial charge in [0.05, 0.1) is 14.2 Å². The molecule has 2 unspecified atom stereocenters. The van der Waals surface area contributed by atoms with Crippen LogP contribution >= 0.6 is 0 Å². The van der Waals surface area contributed by atoms with Crippen molar-refractivity contribution in [3.05, 3.63) is 23.8 Å². The SMILES string of the molecule is COc1ccc(C2CC2CC(=O)[O-])cc1OC. The molecular formula is C13H15O4-. The molecule has 0 heterocycles. The Morgan fingerprint density at radius 2 is 2.06 bits per heavy atom. The number of carboxylic acids is 1. The standard InChI is InChI=1S/C13H16O4/c1-16-11-4-3-8(6-12(11)17-2)10-5-9(10)7-13(14)15/h3-4,6,9-10H,5,7H2,1-2H3,(H,14,15)/p-1. The predicted octanol–water partition coefficient (Wildman–Crippen LogP) is 0.947. The molecule has 1 aromatic rings. The van der Waals surface area contributed by atoms with E-state index < -0.39 is 5.97 Å². The van der Waals surface area contributed by atoms with Gasteiger partial charge in [-0.15, -0.1) is 0 Å². The van der Waals surface area contributed by atoms with E-state index in [-0.39, 0.29) is 12.3 Å². The van der Waals surface area contributed by atoms with Gasteiger partial charge in [-0.25, -0.2) is 0 Å². The lowest BCUT2D eigenvalue weighted by Gasteiger charge is -2.09. The van der Waals surface area contributed by atoms with Gasteiger partial charge in [-0.1, -0.05) is 6.07 Å². The highest BCUT2D eigenvalue weighted by atomic mass is 16.5. The number of rotatable bonds is 5. The summed E-state index contributed by atoms with van der Waals surface area (Å²) in [5, 5.41) is 10.5. The molecular weight excluding hydrogens is 220 g/mol. The van der Waals surface area contributed by atoms with E-state index in [0.29, 0.717) is 17.4 Å². The number of hydrogen-bond donors (Lipinski definition) is 0. The Morgan fingerprint density at radius 3 is 2.65 bits per heavy atom. The Kier molecular flexibility index (Phi) is 3.22. The smallest absolute Gasteiger partial charge is 0.160 e. The van der Waals surface area contributed by atoms with Crippen molar-refractivity contribution in [3.63, 3.8) is 0 Å². The molecule has 1 aliphatic rings. The molecule has 0 aromatic heterocycles. The van der Waals surface area contributed by atoms with Gasteiger partial charge in [0.1, 0.15) is 0 Å². The van der Waals surface area contributed by atoms with Crippen molar-refractivity contribution in [2.75, 3.05) is 14.2 Å². The lowest BCUT2D eigenvalue weighted by atomic mass is 10.1. The second-order valence-electron chi connectivity index (χ2n) is 4.29. The number of hydrogen-bond acceptors (Lipinski definition) is 4. The van der Waals surface area contributed by atoms with Gasteiger partial charge in [-0.3, -0.25) is 0 Å². The molecule has 0 saturated heterocycles. The zero-order chi connectivity index (χ0) is 12.4.